The average molecular weight is 381 g/mol. The van der Waals surface area contributed by atoms with Crippen LogP contribution < -0.4 is 20.5 Å². The second-order valence-corrected chi connectivity index (χ2v) is 7.05. The molecule has 8 heteroatoms. The molecule has 0 spiro atoms. The molecule has 27 heavy (non-hydrogen) atoms. The number of anilines is 2. The van der Waals surface area contributed by atoms with E-state index >= 15 is 0 Å². The minimum absolute atomic E-state index is 0.187. The first-order valence-corrected chi connectivity index (χ1v) is 8.89. The Bertz CT molecular complexity index is 1240. The molecule has 0 bridgehead atoms. The first-order chi connectivity index (χ1) is 13.1. The Labute approximate surface area is 156 Å². The molecule has 0 unspecified atom stereocenters. The third-order valence-electron chi connectivity index (χ3n) is 4.30. The van der Waals surface area contributed by atoms with Crippen LogP contribution in [-0.2, 0) is 0 Å². The van der Waals surface area contributed by atoms with Gasteiger partial charge in [0.2, 0.25) is 6.79 Å². The Balaban J connectivity index is 1.58. The highest BCUT2D eigenvalue weighted by molar-refractivity contribution is 7.21. The number of nitrogens with two attached hydrogens (primary N) is 1. The van der Waals surface area contributed by atoms with Gasteiger partial charge in [-0.25, -0.2) is 9.37 Å². The number of hydrogen-bond donors (Lipinski definition) is 2. The van der Waals surface area contributed by atoms with E-state index in [2.05, 4.69) is 10.3 Å². The molecule has 6 nitrogen and oxygen atoms in total. The quantitative estimate of drug-likeness (QED) is 0.545. The summed E-state index contributed by atoms with van der Waals surface area (Å²) in [5, 5.41) is 4.19. The molecule has 0 saturated carbocycles. The van der Waals surface area contributed by atoms with Crippen molar-refractivity contribution >= 4 is 49.7 Å². The minimum Gasteiger partial charge on any atom is -0.454 e. The first-order valence-electron chi connectivity index (χ1n) is 8.08. The van der Waals surface area contributed by atoms with Crippen molar-refractivity contribution in [1.82, 2.24) is 4.98 Å². The molecule has 1 aliphatic heterocycles. The second-order valence-electron chi connectivity index (χ2n) is 6.05. The Morgan fingerprint density at radius 2 is 2.00 bits per heavy atom. The number of pyridine rings is 1. The molecular formula is C19H12FN3O3S. The van der Waals surface area contributed by atoms with Crippen molar-refractivity contribution in [2.75, 3.05) is 17.8 Å². The predicted octanol–water partition coefficient (Wildman–Crippen LogP) is 4.15. The molecule has 0 aliphatic carbocycles. The zero-order valence-corrected chi connectivity index (χ0v) is 14.6. The number of carbonyl (C=O) groups is 1. The number of rotatable bonds is 2. The fraction of sp³-hybridized carbons (Fsp3) is 0.0526. The van der Waals surface area contributed by atoms with Crippen LogP contribution in [0.2, 0.25) is 0 Å². The maximum atomic E-state index is 13.3. The summed E-state index contributed by atoms with van der Waals surface area (Å²) in [5.41, 5.74) is 7.64. The molecule has 2 aromatic carbocycles. The Hall–Kier alpha value is -3.39. The number of ether oxygens (including phenoxy) is 2. The summed E-state index contributed by atoms with van der Waals surface area (Å²) < 4.78 is 24.1. The monoisotopic (exact) mass is 381 g/mol. The Morgan fingerprint density at radius 1 is 1.19 bits per heavy atom. The lowest BCUT2D eigenvalue weighted by atomic mass is 10.1. The summed E-state index contributed by atoms with van der Waals surface area (Å²) in [6.45, 7) is 0.187. The number of carbonyl (C=O) groups excluding carboxylic acids is 1. The predicted molar refractivity (Wildman–Crippen MR) is 102 cm³/mol. The summed E-state index contributed by atoms with van der Waals surface area (Å²) in [6, 6.07) is 11.2. The van der Waals surface area contributed by atoms with Gasteiger partial charge in [-0.3, -0.25) is 4.79 Å². The molecule has 0 fully saturated rings. The highest BCUT2D eigenvalue weighted by atomic mass is 32.1. The minimum atomic E-state index is -0.428. The fourth-order valence-electron chi connectivity index (χ4n) is 3.01. The lowest BCUT2D eigenvalue weighted by molar-refractivity contribution is 0.103. The molecule has 0 atom stereocenters. The number of aromatic nitrogens is 1. The third kappa shape index (κ3) is 2.61. The number of amides is 1. The van der Waals surface area contributed by atoms with Crippen LogP contribution in [-0.4, -0.2) is 17.7 Å². The van der Waals surface area contributed by atoms with E-state index in [1.54, 1.807) is 12.1 Å². The maximum absolute atomic E-state index is 13.3. The van der Waals surface area contributed by atoms with E-state index in [1.807, 2.05) is 12.1 Å². The number of benzene rings is 2. The van der Waals surface area contributed by atoms with Crippen LogP contribution in [0.1, 0.15) is 9.67 Å². The van der Waals surface area contributed by atoms with Gasteiger partial charge in [-0.1, -0.05) is 6.07 Å². The van der Waals surface area contributed by atoms with Crippen molar-refractivity contribution in [3.8, 4) is 11.5 Å². The fourth-order valence-corrected chi connectivity index (χ4v) is 3.99. The number of hydrogen-bond acceptors (Lipinski definition) is 6. The zero-order valence-electron chi connectivity index (χ0n) is 13.8. The van der Waals surface area contributed by atoms with E-state index in [4.69, 9.17) is 15.2 Å². The standard InChI is InChI=1S/C19H12FN3O3S/c20-10-2-1-3-11(6-10)22-18(24)17-16(21)12-4-9-5-14-15(26-8-25-14)7-13(9)23-19(12)27-17/h1-7H,8,21H2,(H,22,24). The van der Waals surface area contributed by atoms with Gasteiger partial charge in [0.25, 0.3) is 5.91 Å². The van der Waals surface area contributed by atoms with E-state index in [0.717, 1.165) is 10.9 Å². The lowest BCUT2D eigenvalue weighted by Crippen LogP contribution is -2.12. The van der Waals surface area contributed by atoms with E-state index in [-0.39, 0.29) is 6.79 Å². The van der Waals surface area contributed by atoms with Gasteiger partial charge < -0.3 is 20.5 Å². The number of nitrogen functional groups attached to an aromatic ring is 1. The van der Waals surface area contributed by atoms with Crippen LogP contribution >= 0.6 is 11.3 Å². The van der Waals surface area contributed by atoms with Crippen LogP contribution in [0.4, 0.5) is 15.8 Å². The van der Waals surface area contributed by atoms with Gasteiger partial charge in [0.1, 0.15) is 15.5 Å². The van der Waals surface area contributed by atoms with Gasteiger partial charge in [-0.2, -0.15) is 0 Å². The van der Waals surface area contributed by atoms with Crippen molar-refractivity contribution in [2.45, 2.75) is 0 Å². The smallest absolute Gasteiger partial charge is 0.267 e. The van der Waals surface area contributed by atoms with Crippen molar-refractivity contribution in [3.05, 3.63) is 53.2 Å². The van der Waals surface area contributed by atoms with Gasteiger partial charge in [0.05, 0.1) is 11.2 Å². The summed E-state index contributed by atoms with van der Waals surface area (Å²) in [7, 11) is 0. The van der Waals surface area contributed by atoms with Crippen LogP contribution in [0, 0.1) is 5.82 Å². The number of halogens is 1. The van der Waals surface area contributed by atoms with Crippen LogP contribution in [0.25, 0.3) is 21.1 Å². The molecule has 1 aliphatic rings. The van der Waals surface area contributed by atoms with E-state index in [9.17, 15) is 9.18 Å². The van der Waals surface area contributed by atoms with E-state index in [1.165, 1.54) is 29.5 Å². The van der Waals surface area contributed by atoms with Crippen molar-refractivity contribution in [2.24, 2.45) is 0 Å². The number of nitrogens with zero attached hydrogens (tertiary/aromatic N) is 1. The molecule has 3 heterocycles. The van der Waals surface area contributed by atoms with Crippen molar-refractivity contribution in [1.29, 1.82) is 0 Å². The number of fused-ring (bicyclic) bond motifs is 3. The molecule has 2 aromatic heterocycles. The topological polar surface area (TPSA) is 86.5 Å². The van der Waals surface area contributed by atoms with Crippen LogP contribution in [0.5, 0.6) is 11.5 Å². The number of thiophene rings is 1. The second kappa shape index (κ2) is 5.82. The summed E-state index contributed by atoms with van der Waals surface area (Å²) in [4.78, 5) is 18.2. The Morgan fingerprint density at radius 3 is 2.81 bits per heavy atom. The summed E-state index contributed by atoms with van der Waals surface area (Å²) in [5.74, 6) is 0.464. The van der Waals surface area contributed by atoms with E-state index in [0.29, 0.717) is 38.0 Å². The average Bonchev–Trinajstić information content (AvgIpc) is 3.22. The third-order valence-corrected chi connectivity index (χ3v) is 5.41. The summed E-state index contributed by atoms with van der Waals surface area (Å²) >= 11 is 1.19. The highest BCUT2D eigenvalue weighted by Gasteiger charge is 2.20. The molecule has 0 saturated heterocycles. The van der Waals surface area contributed by atoms with Crippen LogP contribution in [0.15, 0.2) is 42.5 Å². The molecule has 0 radical (unpaired) electrons. The van der Waals surface area contributed by atoms with Crippen molar-refractivity contribution < 1.29 is 18.7 Å². The van der Waals surface area contributed by atoms with Gasteiger partial charge >= 0.3 is 0 Å². The highest BCUT2D eigenvalue weighted by Crippen LogP contribution is 2.39. The first kappa shape index (κ1) is 15.8. The SMILES string of the molecule is Nc1c(C(=O)Nc2cccc(F)c2)sc2nc3cc4c(cc3cc12)OCO4. The maximum Gasteiger partial charge on any atom is 0.267 e. The Kier molecular flexibility index (Phi) is 3.41. The van der Waals surface area contributed by atoms with Gasteiger partial charge in [-0.05, 0) is 30.3 Å². The van der Waals surface area contributed by atoms with Gasteiger partial charge in [-0.15, -0.1) is 11.3 Å². The lowest BCUT2D eigenvalue weighted by Gasteiger charge is -2.04. The molecule has 5 rings (SSSR count). The summed E-state index contributed by atoms with van der Waals surface area (Å²) in [6.07, 6.45) is 0. The van der Waals surface area contributed by atoms with E-state index < -0.39 is 11.7 Å². The molecular weight excluding hydrogens is 369 g/mol. The normalized spacial score (nSPS) is 12.6. The molecule has 3 N–H and O–H groups in total. The number of nitrogens with one attached hydrogen (secondary N) is 1. The molecule has 134 valence electrons. The van der Waals surface area contributed by atoms with Crippen molar-refractivity contribution in [3.63, 3.8) is 0 Å². The molecule has 4 aromatic rings. The zero-order chi connectivity index (χ0) is 18.5. The van der Waals surface area contributed by atoms with Crippen LogP contribution in [0.3, 0.4) is 0 Å². The van der Waals surface area contributed by atoms with Gasteiger partial charge in [0, 0.05) is 22.5 Å². The van der Waals surface area contributed by atoms with Gasteiger partial charge in [0.15, 0.2) is 11.5 Å². The molecule has 1 amide bonds. The largest absolute Gasteiger partial charge is 0.454 e.